The smallest absolute Gasteiger partial charge is 0.226 e. The van der Waals surface area contributed by atoms with Crippen LogP contribution in [0.4, 0.5) is 0 Å². The van der Waals surface area contributed by atoms with Gasteiger partial charge >= 0.3 is 0 Å². The molecule has 0 spiro atoms. The van der Waals surface area contributed by atoms with Crippen molar-refractivity contribution in [1.29, 1.82) is 0 Å². The standard InChI is InChI=1S/C11H17N3O.2ClH/c1-9(7-12)11(15)14(2)8-10-5-3-4-6-13-10;;/h3-6,9H,7-8,12H2,1-2H3;2*1H. The molecule has 1 heterocycles. The van der Waals surface area contributed by atoms with Gasteiger partial charge in [-0.2, -0.15) is 0 Å². The van der Waals surface area contributed by atoms with Crippen LogP contribution < -0.4 is 5.73 Å². The first-order valence-electron chi connectivity index (χ1n) is 5.00. The first-order chi connectivity index (χ1) is 7.15. The Kier molecular flexibility index (Phi) is 10.0. The second-order valence-electron chi connectivity index (χ2n) is 3.65. The van der Waals surface area contributed by atoms with Gasteiger partial charge in [-0.3, -0.25) is 9.78 Å². The molecular weight excluding hydrogens is 261 g/mol. The van der Waals surface area contributed by atoms with Crippen LogP contribution in [0, 0.1) is 5.92 Å². The Bertz CT molecular complexity index is 322. The van der Waals surface area contributed by atoms with Crippen LogP contribution >= 0.6 is 24.8 Å². The van der Waals surface area contributed by atoms with Crippen LogP contribution in [0.15, 0.2) is 24.4 Å². The molecule has 17 heavy (non-hydrogen) atoms. The minimum absolute atomic E-state index is 0. The molecule has 1 aromatic rings. The van der Waals surface area contributed by atoms with E-state index in [9.17, 15) is 4.79 Å². The van der Waals surface area contributed by atoms with Gasteiger partial charge in [0, 0.05) is 25.7 Å². The largest absolute Gasteiger partial charge is 0.340 e. The van der Waals surface area contributed by atoms with Gasteiger partial charge in [0.25, 0.3) is 0 Å². The van der Waals surface area contributed by atoms with Crippen molar-refractivity contribution in [2.45, 2.75) is 13.5 Å². The van der Waals surface area contributed by atoms with E-state index >= 15 is 0 Å². The van der Waals surface area contributed by atoms with Crippen molar-refractivity contribution in [3.63, 3.8) is 0 Å². The van der Waals surface area contributed by atoms with E-state index in [-0.39, 0.29) is 36.6 Å². The molecule has 0 saturated carbocycles. The van der Waals surface area contributed by atoms with E-state index in [2.05, 4.69) is 4.98 Å². The molecule has 0 aliphatic carbocycles. The molecule has 1 rings (SSSR count). The van der Waals surface area contributed by atoms with Gasteiger partial charge in [-0.05, 0) is 12.1 Å². The summed E-state index contributed by atoms with van der Waals surface area (Å²) in [6.45, 7) is 2.74. The SMILES string of the molecule is CC(CN)C(=O)N(C)Cc1ccccn1.Cl.Cl. The van der Waals surface area contributed by atoms with Crippen LogP contribution in [0.3, 0.4) is 0 Å². The summed E-state index contributed by atoms with van der Waals surface area (Å²) in [5, 5.41) is 0. The maximum Gasteiger partial charge on any atom is 0.226 e. The van der Waals surface area contributed by atoms with Gasteiger partial charge < -0.3 is 10.6 Å². The molecule has 4 nitrogen and oxygen atoms in total. The zero-order chi connectivity index (χ0) is 11.3. The molecule has 98 valence electrons. The van der Waals surface area contributed by atoms with Crippen molar-refractivity contribution in [3.05, 3.63) is 30.1 Å². The Morgan fingerprint density at radius 3 is 2.59 bits per heavy atom. The van der Waals surface area contributed by atoms with Crippen molar-refractivity contribution in [2.75, 3.05) is 13.6 Å². The molecule has 0 fully saturated rings. The maximum absolute atomic E-state index is 11.7. The molecule has 0 saturated heterocycles. The highest BCUT2D eigenvalue weighted by Crippen LogP contribution is 2.03. The Balaban J connectivity index is 0. The third-order valence-electron chi connectivity index (χ3n) is 2.28. The summed E-state index contributed by atoms with van der Waals surface area (Å²) >= 11 is 0. The number of halogens is 2. The van der Waals surface area contributed by atoms with Crippen molar-refractivity contribution in [1.82, 2.24) is 9.88 Å². The molecule has 0 aromatic carbocycles. The Labute approximate surface area is 114 Å². The zero-order valence-corrected chi connectivity index (χ0v) is 11.6. The van der Waals surface area contributed by atoms with Crippen molar-refractivity contribution >= 4 is 30.7 Å². The van der Waals surface area contributed by atoms with Crippen LogP contribution in [0.25, 0.3) is 0 Å². The van der Waals surface area contributed by atoms with Crippen molar-refractivity contribution < 1.29 is 4.79 Å². The molecule has 1 unspecified atom stereocenters. The summed E-state index contributed by atoms with van der Waals surface area (Å²) < 4.78 is 0. The van der Waals surface area contributed by atoms with Gasteiger partial charge in [0.05, 0.1) is 12.2 Å². The highest BCUT2D eigenvalue weighted by atomic mass is 35.5. The first kappa shape index (κ1) is 18.5. The molecule has 0 bridgehead atoms. The number of pyridine rings is 1. The molecule has 1 atom stereocenters. The number of carbonyl (C=O) groups is 1. The van der Waals surface area contributed by atoms with E-state index in [4.69, 9.17) is 5.73 Å². The number of aromatic nitrogens is 1. The number of hydrogen-bond donors (Lipinski definition) is 1. The average molecular weight is 280 g/mol. The third kappa shape index (κ3) is 5.86. The number of nitrogens with two attached hydrogens (primary N) is 1. The molecular formula is C11H19Cl2N3O. The molecule has 0 aliphatic heterocycles. The summed E-state index contributed by atoms with van der Waals surface area (Å²) in [6, 6.07) is 5.66. The van der Waals surface area contributed by atoms with Gasteiger partial charge in [-0.25, -0.2) is 0 Å². The van der Waals surface area contributed by atoms with Gasteiger partial charge in [0.1, 0.15) is 0 Å². The first-order valence-corrected chi connectivity index (χ1v) is 5.00. The van der Waals surface area contributed by atoms with E-state index in [1.807, 2.05) is 25.1 Å². The highest BCUT2D eigenvalue weighted by molar-refractivity contribution is 5.85. The molecule has 0 radical (unpaired) electrons. The Morgan fingerprint density at radius 1 is 1.47 bits per heavy atom. The summed E-state index contributed by atoms with van der Waals surface area (Å²) in [5.41, 5.74) is 6.33. The van der Waals surface area contributed by atoms with Gasteiger partial charge in [0.2, 0.25) is 5.91 Å². The second-order valence-corrected chi connectivity index (χ2v) is 3.65. The van der Waals surface area contributed by atoms with Gasteiger partial charge in [0.15, 0.2) is 0 Å². The summed E-state index contributed by atoms with van der Waals surface area (Å²) in [7, 11) is 1.77. The lowest BCUT2D eigenvalue weighted by atomic mass is 10.1. The van der Waals surface area contributed by atoms with E-state index < -0.39 is 0 Å². The predicted octanol–water partition coefficient (Wildman–Crippen LogP) is 1.48. The quantitative estimate of drug-likeness (QED) is 0.908. The lowest BCUT2D eigenvalue weighted by molar-refractivity contribution is -0.133. The normalized spacial score (nSPS) is 10.8. The lowest BCUT2D eigenvalue weighted by Gasteiger charge is -2.20. The van der Waals surface area contributed by atoms with E-state index in [1.54, 1.807) is 18.1 Å². The maximum atomic E-state index is 11.7. The zero-order valence-electron chi connectivity index (χ0n) is 10.00. The number of nitrogens with zero attached hydrogens (tertiary/aromatic N) is 2. The molecule has 6 heteroatoms. The minimum atomic E-state index is -0.126. The summed E-state index contributed by atoms with van der Waals surface area (Å²) in [6.07, 6.45) is 1.72. The topological polar surface area (TPSA) is 59.2 Å². The van der Waals surface area contributed by atoms with Crippen molar-refractivity contribution in [2.24, 2.45) is 11.7 Å². The van der Waals surface area contributed by atoms with E-state index in [0.29, 0.717) is 13.1 Å². The third-order valence-corrected chi connectivity index (χ3v) is 2.28. The average Bonchev–Trinajstić information content (AvgIpc) is 2.28. The van der Waals surface area contributed by atoms with Crippen LogP contribution in [0.5, 0.6) is 0 Å². The number of amides is 1. The van der Waals surface area contributed by atoms with Crippen LogP contribution in [0.2, 0.25) is 0 Å². The fourth-order valence-electron chi connectivity index (χ4n) is 1.29. The fraction of sp³-hybridized carbons (Fsp3) is 0.455. The van der Waals surface area contributed by atoms with Gasteiger partial charge in [-0.15, -0.1) is 24.8 Å². The van der Waals surface area contributed by atoms with E-state index in [0.717, 1.165) is 5.69 Å². The second kappa shape index (κ2) is 9.22. The Morgan fingerprint density at radius 2 is 2.12 bits per heavy atom. The molecule has 0 aliphatic rings. The van der Waals surface area contributed by atoms with Crippen LogP contribution in [0.1, 0.15) is 12.6 Å². The number of carbonyl (C=O) groups excluding carboxylic acids is 1. The number of hydrogen-bond acceptors (Lipinski definition) is 3. The summed E-state index contributed by atoms with van der Waals surface area (Å²) in [4.78, 5) is 17.5. The van der Waals surface area contributed by atoms with Gasteiger partial charge in [-0.1, -0.05) is 13.0 Å². The predicted molar refractivity (Wildman–Crippen MR) is 73.4 cm³/mol. The Hall–Kier alpha value is -0.840. The molecule has 1 amide bonds. The molecule has 1 aromatic heterocycles. The number of rotatable bonds is 4. The monoisotopic (exact) mass is 279 g/mol. The molecule has 2 N–H and O–H groups in total. The minimum Gasteiger partial charge on any atom is -0.340 e. The fourth-order valence-corrected chi connectivity index (χ4v) is 1.29. The highest BCUT2D eigenvalue weighted by Gasteiger charge is 2.15. The van der Waals surface area contributed by atoms with Crippen LogP contribution in [-0.4, -0.2) is 29.4 Å². The van der Waals surface area contributed by atoms with Crippen LogP contribution in [-0.2, 0) is 11.3 Å². The van der Waals surface area contributed by atoms with Crippen molar-refractivity contribution in [3.8, 4) is 0 Å². The lowest BCUT2D eigenvalue weighted by Crippen LogP contribution is -2.34. The van der Waals surface area contributed by atoms with E-state index in [1.165, 1.54) is 0 Å². The summed E-state index contributed by atoms with van der Waals surface area (Å²) in [5.74, 6) is -0.0677.